The molecule has 0 fully saturated rings. The number of hydrogen-bond acceptors (Lipinski definition) is 5. The third-order valence-corrected chi connectivity index (χ3v) is 6.94. The summed E-state index contributed by atoms with van der Waals surface area (Å²) in [4.78, 5) is 11.1. The number of hydrogen-bond donors (Lipinski definition) is 0. The first kappa shape index (κ1) is 23.3. The summed E-state index contributed by atoms with van der Waals surface area (Å²) >= 11 is 0. The second-order valence-corrected chi connectivity index (χ2v) is 8.99. The summed E-state index contributed by atoms with van der Waals surface area (Å²) in [6.45, 7) is 2.35. The van der Waals surface area contributed by atoms with Crippen LogP contribution in [0, 0.1) is 0 Å². The monoisotopic (exact) mass is 360 g/mol. The van der Waals surface area contributed by atoms with Crippen LogP contribution in [0.5, 0.6) is 0 Å². The van der Waals surface area contributed by atoms with E-state index in [1.807, 2.05) is 6.92 Å². The molecule has 0 aromatic carbocycles. The van der Waals surface area contributed by atoms with Crippen LogP contribution in [0.25, 0.3) is 0 Å². The van der Waals surface area contributed by atoms with E-state index in [1.54, 1.807) is 27.4 Å². The predicted octanol–water partition coefficient (Wildman–Crippen LogP) is 4.49. The minimum atomic E-state index is -2.37. The van der Waals surface area contributed by atoms with Gasteiger partial charge in [0.15, 0.2) is 0 Å². The standard InChI is InChI=1S/C18H36O5Si/c1-5-15-18(19)23-16-13-11-9-7-6-8-10-12-14-17-24(20-2,21-3)22-4/h5,15H,6-14,16-17H2,1-4H3. The molecule has 0 unspecified atom stereocenters. The van der Waals surface area contributed by atoms with Gasteiger partial charge in [0, 0.05) is 33.4 Å². The third kappa shape index (κ3) is 11.8. The highest BCUT2D eigenvalue weighted by Crippen LogP contribution is 2.18. The van der Waals surface area contributed by atoms with E-state index in [9.17, 15) is 4.79 Å². The molecule has 24 heavy (non-hydrogen) atoms. The van der Waals surface area contributed by atoms with Crippen LogP contribution in [-0.4, -0.2) is 42.7 Å². The Hall–Kier alpha value is -0.693. The zero-order valence-corrected chi connectivity index (χ0v) is 17.0. The van der Waals surface area contributed by atoms with Crippen LogP contribution in [0.4, 0.5) is 0 Å². The molecule has 0 heterocycles. The third-order valence-electron chi connectivity index (χ3n) is 4.11. The van der Waals surface area contributed by atoms with Gasteiger partial charge in [-0.05, 0) is 19.8 Å². The summed E-state index contributed by atoms with van der Waals surface area (Å²) in [6.07, 6.45) is 13.8. The quantitative estimate of drug-likeness (QED) is 0.176. The number of rotatable bonds is 16. The molecular formula is C18H36O5Si. The summed E-state index contributed by atoms with van der Waals surface area (Å²) < 4.78 is 21.3. The van der Waals surface area contributed by atoms with Crippen LogP contribution in [0.2, 0.25) is 6.04 Å². The van der Waals surface area contributed by atoms with E-state index in [0.29, 0.717) is 6.61 Å². The van der Waals surface area contributed by atoms with Gasteiger partial charge in [-0.1, -0.05) is 51.0 Å². The Bertz CT molecular complexity index is 321. The van der Waals surface area contributed by atoms with Crippen molar-refractivity contribution in [1.29, 1.82) is 0 Å². The van der Waals surface area contributed by atoms with Crippen LogP contribution in [-0.2, 0) is 22.8 Å². The van der Waals surface area contributed by atoms with Gasteiger partial charge >= 0.3 is 14.8 Å². The van der Waals surface area contributed by atoms with Crippen molar-refractivity contribution in [3.05, 3.63) is 12.2 Å². The second-order valence-electron chi connectivity index (χ2n) is 5.89. The van der Waals surface area contributed by atoms with Crippen molar-refractivity contribution < 1.29 is 22.8 Å². The first-order valence-electron chi connectivity index (χ1n) is 9.09. The molecule has 142 valence electrons. The van der Waals surface area contributed by atoms with Crippen LogP contribution < -0.4 is 0 Å². The van der Waals surface area contributed by atoms with Gasteiger partial charge in [0.1, 0.15) is 0 Å². The van der Waals surface area contributed by atoms with Crippen LogP contribution in [0.3, 0.4) is 0 Å². The molecule has 6 heteroatoms. The number of unbranched alkanes of at least 4 members (excludes halogenated alkanes) is 8. The first-order valence-corrected chi connectivity index (χ1v) is 11.0. The Morgan fingerprint density at radius 2 is 1.25 bits per heavy atom. The van der Waals surface area contributed by atoms with E-state index in [4.69, 9.17) is 18.0 Å². The number of allylic oxidation sites excluding steroid dienone is 1. The zero-order chi connectivity index (χ0) is 18.1. The topological polar surface area (TPSA) is 54.0 Å². The molecule has 5 nitrogen and oxygen atoms in total. The molecule has 0 saturated heterocycles. The molecule has 0 rings (SSSR count). The fourth-order valence-electron chi connectivity index (χ4n) is 2.59. The number of carbonyl (C=O) groups excluding carboxylic acids is 1. The van der Waals surface area contributed by atoms with E-state index in [2.05, 4.69) is 0 Å². The smallest absolute Gasteiger partial charge is 0.463 e. The molecule has 0 radical (unpaired) electrons. The van der Waals surface area contributed by atoms with Crippen molar-refractivity contribution >= 4 is 14.8 Å². The first-order chi connectivity index (χ1) is 11.6. The molecular weight excluding hydrogens is 324 g/mol. The molecule has 0 aliphatic rings. The Morgan fingerprint density at radius 3 is 1.71 bits per heavy atom. The summed E-state index contributed by atoms with van der Waals surface area (Å²) in [6, 6.07) is 0.891. The predicted molar refractivity (Wildman–Crippen MR) is 98.9 cm³/mol. The van der Waals surface area contributed by atoms with E-state index in [-0.39, 0.29) is 5.97 Å². The van der Waals surface area contributed by atoms with Gasteiger partial charge in [-0.2, -0.15) is 0 Å². The average Bonchev–Trinajstić information content (AvgIpc) is 2.60. The SMILES string of the molecule is CC=CC(=O)OCCCCCCCCCCC[Si](OC)(OC)OC. The van der Waals surface area contributed by atoms with Gasteiger partial charge in [0.05, 0.1) is 6.61 Å². The fraction of sp³-hybridized carbons (Fsp3) is 0.833. The van der Waals surface area contributed by atoms with E-state index in [1.165, 1.54) is 44.6 Å². The van der Waals surface area contributed by atoms with Gasteiger partial charge in [-0.15, -0.1) is 0 Å². The molecule has 0 bridgehead atoms. The molecule has 0 amide bonds. The van der Waals surface area contributed by atoms with E-state index >= 15 is 0 Å². The lowest BCUT2D eigenvalue weighted by atomic mass is 10.1. The highest BCUT2D eigenvalue weighted by molar-refractivity contribution is 6.60. The summed E-state index contributed by atoms with van der Waals surface area (Å²) in [5.74, 6) is -0.236. The van der Waals surface area contributed by atoms with Gasteiger partial charge < -0.3 is 18.0 Å². The Kier molecular flexibility index (Phi) is 15.4. The minimum absolute atomic E-state index is 0.236. The van der Waals surface area contributed by atoms with E-state index < -0.39 is 8.80 Å². The van der Waals surface area contributed by atoms with Crippen molar-refractivity contribution in [2.45, 2.75) is 70.8 Å². The van der Waals surface area contributed by atoms with Gasteiger partial charge in [0.25, 0.3) is 0 Å². The van der Waals surface area contributed by atoms with Gasteiger partial charge in [-0.25, -0.2) is 4.79 Å². The largest absolute Gasteiger partial charge is 0.500 e. The van der Waals surface area contributed by atoms with Crippen molar-refractivity contribution in [2.24, 2.45) is 0 Å². The lowest BCUT2D eigenvalue weighted by Gasteiger charge is -2.24. The van der Waals surface area contributed by atoms with Crippen LogP contribution >= 0.6 is 0 Å². The summed E-state index contributed by atoms with van der Waals surface area (Å²) in [7, 11) is 2.64. The molecule has 0 aromatic heterocycles. The molecule has 0 aliphatic carbocycles. The Labute approximate surface area is 149 Å². The van der Waals surface area contributed by atoms with Gasteiger partial charge in [-0.3, -0.25) is 0 Å². The fourth-order valence-corrected chi connectivity index (χ4v) is 4.39. The zero-order valence-electron chi connectivity index (χ0n) is 16.0. The van der Waals surface area contributed by atoms with Crippen molar-refractivity contribution in [1.82, 2.24) is 0 Å². The normalized spacial score (nSPS) is 12.0. The maximum Gasteiger partial charge on any atom is 0.500 e. The summed E-state index contributed by atoms with van der Waals surface area (Å²) in [5.41, 5.74) is 0. The molecule has 0 aliphatic heterocycles. The number of carbonyl (C=O) groups is 1. The van der Waals surface area contributed by atoms with E-state index in [0.717, 1.165) is 25.3 Å². The maximum absolute atomic E-state index is 11.1. The summed E-state index contributed by atoms with van der Waals surface area (Å²) in [5, 5.41) is 0. The number of esters is 1. The minimum Gasteiger partial charge on any atom is -0.463 e. The van der Waals surface area contributed by atoms with Crippen molar-refractivity contribution in [3.8, 4) is 0 Å². The molecule has 0 aromatic rings. The van der Waals surface area contributed by atoms with Crippen LogP contribution in [0.15, 0.2) is 12.2 Å². The number of ether oxygens (including phenoxy) is 1. The highest BCUT2D eigenvalue weighted by Gasteiger charge is 2.36. The lowest BCUT2D eigenvalue weighted by molar-refractivity contribution is -0.137. The average molecular weight is 361 g/mol. The molecule has 0 N–H and O–H groups in total. The highest BCUT2D eigenvalue weighted by atomic mass is 28.4. The maximum atomic E-state index is 11.1. The second kappa shape index (κ2) is 15.8. The Balaban J connectivity index is 3.35. The molecule has 0 saturated carbocycles. The van der Waals surface area contributed by atoms with Crippen LogP contribution in [0.1, 0.15) is 64.7 Å². The molecule has 0 spiro atoms. The molecule has 0 atom stereocenters. The van der Waals surface area contributed by atoms with Crippen molar-refractivity contribution in [3.63, 3.8) is 0 Å². The van der Waals surface area contributed by atoms with Gasteiger partial charge in [0.2, 0.25) is 0 Å². The van der Waals surface area contributed by atoms with Crippen molar-refractivity contribution in [2.75, 3.05) is 27.9 Å². The lowest BCUT2D eigenvalue weighted by Crippen LogP contribution is -2.42. The Morgan fingerprint density at radius 1 is 0.792 bits per heavy atom.